The maximum atomic E-state index is 12.8. The third kappa shape index (κ3) is 4.68. The molecule has 0 aliphatic carbocycles. The summed E-state index contributed by atoms with van der Waals surface area (Å²) >= 11 is 0. The van der Waals surface area contributed by atoms with Gasteiger partial charge in [-0.3, -0.25) is 24.2 Å². The second-order valence-electron chi connectivity index (χ2n) is 7.07. The van der Waals surface area contributed by atoms with E-state index in [1.165, 1.54) is 6.92 Å². The summed E-state index contributed by atoms with van der Waals surface area (Å²) in [5.41, 5.74) is 2.79. The van der Waals surface area contributed by atoms with Crippen LogP contribution >= 0.6 is 0 Å². The summed E-state index contributed by atoms with van der Waals surface area (Å²) in [5.74, 6) is -1.68. The quantitative estimate of drug-likeness (QED) is 0.764. The zero-order valence-electron chi connectivity index (χ0n) is 16.4. The third-order valence-corrected chi connectivity index (χ3v) is 4.85. The van der Waals surface area contributed by atoms with Crippen molar-refractivity contribution in [2.45, 2.75) is 39.4 Å². The van der Waals surface area contributed by atoms with Crippen molar-refractivity contribution in [3.8, 4) is 0 Å². The Balaban J connectivity index is 1.68. The van der Waals surface area contributed by atoms with Crippen molar-refractivity contribution < 1.29 is 19.2 Å². The zero-order chi connectivity index (χ0) is 21.0. The predicted octanol–water partition coefficient (Wildman–Crippen LogP) is 2.38. The molecule has 1 N–H and O–H groups in total. The van der Waals surface area contributed by atoms with E-state index in [2.05, 4.69) is 5.32 Å². The van der Waals surface area contributed by atoms with Gasteiger partial charge in [0.25, 0.3) is 0 Å². The van der Waals surface area contributed by atoms with Crippen molar-refractivity contribution in [3.05, 3.63) is 71.3 Å². The second-order valence-corrected chi connectivity index (χ2v) is 7.07. The van der Waals surface area contributed by atoms with E-state index in [0.29, 0.717) is 0 Å². The van der Waals surface area contributed by atoms with Gasteiger partial charge in [-0.25, -0.2) is 4.79 Å². The molecule has 1 heterocycles. The van der Waals surface area contributed by atoms with Gasteiger partial charge in [-0.1, -0.05) is 60.2 Å². The fraction of sp³-hybridized carbons (Fsp3) is 0.273. The minimum Gasteiger partial charge on any atom is -0.350 e. The van der Waals surface area contributed by atoms with Gasteiger partial charge in [-0.05, 0) is 25.0 Å². The second kappa shape index (κ2) is 8.68. The monoisotopic (exact) mass is 393 g/mol. The summed E-state index contributed by atoms with van der Waals surface area (Å²) in [6.07, 6.45) is -0.436. The molecule has 1 fully saturated rings. The fourth-order valence-corrected chi connectivity index (χ4v) is 3.12. The van der Waals surface area contributed by atoms with Crippen LogP contribution in [0.3, 0.4) is 0 Å². The molecule has 0 bridgehead atoms. The number of hydrogen-bond donors (Lipinski definition) is 1. The number of carbonyl (C=O) groups excluding carboxylic acids is 4. The normalized spacial score (nSPS) is 15.4. The van der Waals surface area contributed by atoms with Gasteiger partial charge in [-0.15, -0.1) is 0 Å². The number of barbiturate groups is 1. The van der Waals surface area contributed by atoms with Gasteiger partial charge in [0.05, 0.1) is 6.54 Å². The first-order valence-electron chi connectivity index (χ1n) is 9.40. The average Bonchev–Trinajstić information content (AvgIpc) is 2.71. The highest BCUT2D eigenvalue weighted by Crippen LogP contribution is 2.18. The van der Waals surface area contributed by atoms with Gasteiger partial charge in [0.2, 0.25) is 17.7 Å². The molecular formula is C22H23N3O4. The van der Waals surface area contributed by atoms with Crippen LogP contribution in [0.5, 0.6) is 0 Å². The summed E-state index contributed by atoms with van der Waals surface area (Å²) in [6, 6.07) is 14.9. The zero-order valence-corrected chi connectivity index (χ0v) is 16.4. The van der Waals surface area contributed by atoms with Crippen LogP contribution in [0, 0.1) is 6.92 Å². The van der Waals surface area contributed by atoms with Crippen LogP contribution in [0.1, 0.15) is 30.0 Å². The van der Waals surface area contributed by atoms with Crippen LogP contribution in [-0.4, -0.2) is 39.6 Å². The Kier molecular flexibility index (Phi) is 6.07. The smallest absolute Gasteiger partial charge is 0.334 e. The maximum Gasteiger partial charge on any atom is 0.334 e. The summed E-state index contributed by atoms with van der Waals surface area (Å²) in [5, 5.41) is 2.74. The molecule has 0 saturated carbocycles. The van der Waals surface area contributed by atoms with Gasteiger partial charge in [0, 0.05) is 6.54 Å². The van der Waals surface area contributed by atoms with E-state index in [4.69, 9.17) is 0 Å². The topological polar surface area (TPSA) is 86.8 Å². The van der Waals surface area contributed by atoms with E-state index in [1.807, 2.05) is 37.3 Å². The lowest BCUT2D eigenvalue weighted by atomic mass is 10.1. The number of benzene rings is 2. The van der Waals surface area contributed by atoms with Crippen LogP contribution in [0.15, 0.2) is 54.6 Å². The number of aryl methyl sites for hydroxylation is 1. The molecule has 0 spiro atoms. The van der Waals surface area contributed by atoms with Gasteiger partial charge in [0.15, 0.2) is 0 Å². The minimum absolute atomic E-state index is 0.0555. The predicted molar refractivity (Wildman–Crippen MR) is 106 cm³/mol. The first-order valence-corrected chi connectivity index (χ1v) is 9.40. The van der Waals surface area contributed by atoms with Crippen LogP contribution < -0.4 is 5.32 Å². The Bertz CT molecular complexity index is 925. The molecule has 2 aromatic rings. The molecule has 150 valence electrons. The Morgan fingerprint density at radius 2 is 1.62 bits per heavy atom. The lowest BCUT2D eigenvalue weighted by Crippen LogP contribution is -2.60. The molecule has 7 heteroatoms. The molecule has 5 amide bonds. The number of imide groups is 2. The number of urea groups is 1. The van der Waals surface area contributed by atoms with E-state index in [0.717, 1.165) is 26.5 Å². The van der Waals surface area contributed by atoms with Crippen molar-refractivity contribution in [2.24, 2.45) is 0 Å². The molecule has 1 aliphatic rings. The molecule has 1 unspecified atom stereocenters. The number of nitrogens with one attached hydrogen (secondary N) is 1. The van der Waals surface area contributed by atoms with E-state index < -0.39 is 36.2 Å². The Hall–Kier alpha value is -3.48. The third-order valence-electron chi connectivity index (χ3n) is 4.85. The summed E-state index contributed by atoms with van der Waals surface area (Å²) in [7, 11) is 0. The van der Waals surface area contributed by atoms with Gasteiger partial charge >= 0.3 is 6.03 Å². The fourth-order valence-electron chi connectivity index (χ4n) is 3.12. The highest BCUT2D eigenvalue weighted by molar-refractivity contribution is 6.15. The van der Waals surface area contributed by atoms with Gasteiger partial charge < -0.3 is 5.32 Å². The van der Waals surface area contributed by atoms with Crippen molar-refractivity contribution in [2.75, 3.05) is 0 Å². The number of rotatable bonds is 6. The van der Waals surface area contributed by atoms with Gasteiger partial charge in [0.1, 0.15) is 12.5 Å². The summed E-state index contributed by atoms with van der Waals surface area (Å²) in [4.78, 5) is 51.9. The molecule has 1 atom stereocenters. The standard InChI is InChI=1S/C22H23N3O4/c1-15-8-10-17(11-9-15)13-23-21(28)16(2)25-20(27)12-19(26)24(22(25)29)14-18-6-4-3-5-7-18/h3-11,16H,12-14H2,1-2H3,(H,23,28). The largest absolute Gasteiger partial charge is 0.350 e. The highest BCUT2D eigenvalue weighted by Gasteiger charge is 2.42. The van der Waals surface area contributed by atoms with Crippen molar-refractivity contribution in [1.82, 2.24) is 15.1 Å². The van der Waals surface area contributed by atoms with Crippen LogP contribution in [0.4, 0.5) is 4.79 Å². The molecule has 0 radical (unpaired) electrons. The Labute approximate surface area is 169 Å². The number of hydrogen-bond acceptors (Lipinski definition) is 4. The molecule has 1 aliphatic heterocycles. The summed E-state index contributed by atoms with van der Waals surface area (Å²) < 4.78 is 0. The molecule has 1 saturated heterocycles. The minimum atomic E-state index is -1.02. The SMILES string of the molecule is Cc1ccc(CNC(=O)C(C)N2C(=O)CC(=O)N(Cc3ccccc3)C2=O)cc1. The number of carbonyl (C=O) groups is 4. The molecule has 7 nitrogen and oxygen atoms in total. The van der Waals surface area contributed by atoms with Crippen molar-refractivity contribution in [1.29, 1.82) is 0 Å². The van der Waals surface area contributed by atoms with E-state index in [-0.39, 0.29) is 13.1 Å². The molecule has 0 aromatic heterocycles. The van der Waals surface area contributed by atoms with E-state index in [1.54, 1.807) is 24.3 Å². The van der Waals surface area contributed by atoms with E-state index >= 15 is 0 Å². The van der Waals surface area contributed by atoms with Crippen LogP contribution in [0.2, 0.25) is 0 Å². The Morgan fingerprint density at radius 3 is 2.28 bits per heavy atom. The molecule has 2 aromatic carbocycles. The molecular weight excluding hydrogens is 370 g/mol. The summed E-state index contributed by atoms with van der Waals surface area (Å²) in [6.45, 7) is 3.80. The average molecular weight is 393 g/mol. The lowest BCUT2D eigenvalue weighted by molar-refractivity contribution is -0.147. The molecule has 3 rings (SSSR count). The lowest BCUT2D eigenvalue weighted by Gasteiger charge is -2.35. The van der Waals surface area contributed by atoms with Crippen molar-refractivity contribution >= 4 is 23.8 Å². The highest BCUT2D eigenvalue weighted by atomic mass is 16.2. The van der Waals surface area contributed by atoms with Gasteiger partial charge in [-0.2, -0.15) is 0 Å². The van der Waals surface area contributed by atoms with Crippen LogP contribution in [0.25, 0.3) is 0 Å². The van der Waals surface area contributed by atoms with Crippen LogP contribution in [-0.2, 0) is 27.5 Å². The molecule has 29 heavy (non-hydrogen) atoms. The van der Waals surface area contributed by atoms with Crippen molar-refractivity contribution in [3.63, 3.8) is 0 Å². The number of amides is 5. The van der Waals surface area contributed by atoms with E-state index in [9.17, 15) is 19.2 Å². The maximum absolute atomic E-state index is 12.8. The number of nitrogens with zero attached hydrogens (tertiary/aromatic N) is 2. The first kappa shape index (κ1) is 20.3. The Morgan fingerprint density at radius 1 is 0.966 bits per heavy atom. The first-order chi connectivity index (χ1) is 13.9.